The normalized spacial score (nSPS) is 25.2. The Kier molecular flexibility index (Phi) is 4.00. The zero-order chi connectivity index (χ0) is 13.2. The fourth-order valence-electron chi connectivity index (χ4n) is 2.64. The molecule has 1 unspecified atom stereocenters. The molecule has 4 heteroatoms. The van der Waals surface area contributed by atoms with Crippen LogP contribution in [0.15, 0.2) is 24.4 Å². The van der Waals surface area contributed by atoms with Gasteiger partial charge in [-0.05, 0) is 33.0 Å². The van der Waals surface area contributed by atoms with Crippen molar-refractivity contribution in [2.45, 2.75) is 32.0 Å². The lowest BCUT2D eigenvalue weighted by Gasteiger charge is -2.49. The van der Waals surface area contributed by atoms with E-state index in [2.05, 4.69) is 41.7 Å². The van der Waals surface area contributed by atoms with Gasteiger partial charge in [-0.2, -0.15) is 0 Å². The molecule has 4 nitrogen and oxygen atoms in total. The van der Waals surface area contributed by atoms with Crippen LogP contribution in [0.25, 0.3) is 0 Å². The van der Waals surface area contributed by atoms with Crippen molar-refractivity contribution >= 4 is 0 Å². The summed E-state index contributed by atoms with van der Waals surface area (Å²) in [6.45, 7) is 7.41. The summed E-state index contributed by atoms with van der Waals surface area (Å²) in [5.41, 5.74) is 1.20. The van der Waals surface area contributed by atoms with Crippen LogP contribution in [-0.2, 0) is 6.54 Å². The lowest BCUT2D eigenvalue weighted by molar-refractivity contribution is -0.0275. The van der Waals surface area contributed by atoms with Gasteiger partial charge in [0.1, 0.15) is 0 Å². The first-order valence-corrected chi connectivity index (χ1v) is 6.49. The number of rotatable bonds is 3. The molecule has 0 aliphatic carbocycles. The molecule has 1 fully saturated rings. The maximum absolute atomic E-state index is 9.43. The largest absolute Gasteiger partial charge is 0.395 e. The van der Waals surface area contributed by atoms with Crippen LogP contribution in [0.5, 0.6) is 0 Å². The maximum atomic E-state index is 9.43. The second kappa shape index (κ2) is 5.34. The highest BCUT2D eigenvalue weighted by Crippen LogP contribution is 2.24. The standard InChI is InChI=1S/C14H23N3O/c1-14(2)11-16(3)13(10-18)9-17(14)8-12-6-4-5-7-15-12/h4-7,13,18H,8-11H2,1-3H3. The van der Waals surface area contributed by atoms with Crippen LogP contribution in [0.3, 0.4) is 0 Å². The third kappa shape index (κ3) is 2.88. The Morgan fingerprint density at radius 3 is 2.83 bits per heavy atom. The van der Waals surface area contributed by atoms with Crippen LogP contribution >= 0.6 is 0 Å². The van der Waals surface area contributed by atoms with Gasteiger partial charge in [-0.15, -0.1) is 0 Å². The van der Waals surface area contributed by atoms with Crippen molar-refractivity contribution < 1.29 is 5.11 Å². The smallest absolute Gasteiger partial charge is 0.0599 e. The number of pyridine rings is 1. The third-order valence-electron chi connectivity index (χ3n) is 3.84. The van der Waals surface area contributed by atoms with E-state index in [9.17, 15) is 5.11 Å². The minimum Gasteiger partial charge on any atom is -0.395 e. The van der Waals surface area contributed by atoms with E-state index < -0.39 is 0 Å². The number of piperazine rings is 1. The summed E-state index contributed by atoms with van der Waals surface area (Å²) in [5.74, 6) is 0. The number of aromatic nitrogens is 1. The summed E-state index contributed by atoms with van der Waals surface area (Å²) >= 11 is 0. The molecule has 1 aliphatic rings. The highest BCUT2D eigenvalue weighted by atomic mass is 16.3. The van der Waals surface area contributed by atoms with Gasteiger partial charge in [0.15, 0.2) is 0 Å². The molecule has 0 saturated carbocycles. The van der Waals surface area contributed by atoms with E-state index >= 15 is 0 Å². The molecule has 1 aromatic heterocycles. The van der Waals surface area contributed by atoms with Crippen LogP contribution in [0.4, 0.5) is 0 Å². The monoisotopic (exact) mass is 249 g/mol. The van der Waals surface area contributed by atoms with Crippen LogP contribution in [-0.4, -0.2) is 58.2 Å². The molecule has 1 atom stereocenters. The van der Waals surface area contributed by atoms with E-state index in [0.717, 1.165) is 25.3 Å². The van der Waals surface area contributed by atoms with Gasteiger partial charge in [-0.3, -0.25) is 14.8 Å². The molecule has 0 radical (unpaired) electrons. The van der Waals surface area contributed by atoms with E-state index in [-0.39, 0.29) is 18.2 Å². The fraction of sp³-hybridized carbons (Fsp3) is 0.643. The summed E-state index contributed by atoms with van der Waals surface area (Å²) in [6.07, 6.45) is 1.84. The second-order valence-electron chi connectivity index (χ2n) is 5.77. The van der Waals surface area contributed by atoms with Crippen LogP contribution in [0.1, 0.15) is 19.5 Å². The van der Waals surface area contributed by atoms with Gasteiger partial charge >= 0.3 is 0 Å². The molecule has 0 spiro atoms. The minimum absolute atomic E-state index is 0.109. The maximum Gasteiger partial charge on any atom is 0.0599 e. The predicted molar refractivity (Wildman–Crippen MR) is 72.2 cm³/mol. The molecule has 1 aliphatic heterocycles. The second-order valence-corrected chi connectivity index (χ2v) is 5.77. The van der Waals surface area contributed by atoms with Crippen molar-refractivity contribution in [3.05, 3.63) is 30.1 Å². The molecule has 0 amide bonds. The molecule has 1 N–H and O–H groups in total. The Hall–Kier alpha value is -0.970. The number of hydrogen-bond donors (Lipinski definition) is 1. The number of nitrogens with zero attached hydrogens (tertiary/aromatic N) is 3. The van der Waals surface area contributed by atoms with Crippen LogP contribution in [0, 0.1) is 0 Å². The van der Waals surface area contributed by atoms with Crippen LogP contribution < -0.4 is 0 Å². The highest BCUT2D eigenvalue weighted by molar-refractivity contribution is 5.05. The molecular formula is C14H23N3O. The Balaban J connectivity index is 2.10. The molecule has 0 aromatic carbocycles. The zero-order valence-electron chi connectivity index (χ0n) is 11.5. The summed E-state index contributed by atoms with van der Waals surface area (Å²) in [6, 6.07) is 6.24. The van der Waals surface area contributed by atoms with E-state index in [4.69, 9.17) is 0 Å². The molecule has 2 heterocycles. The van der Waals surface area contributed by atoms with Crippen molar-refractivity contribution in [1.82, 2.24) is 14.8 Å². The van der Waals surface area contributed by atoms with Gasteiger partial charge in [-0.25, -0.2) is 0 Å². The van der Waals surface area contributed by atoms with Gasteiger partial charge in [0, 0.05) is 37.4 Å². The predicted octanol–water partition coefficient (Wildman–Crippen LogP) is 0.968. The van der Waals surface area contributed by atoms with Crippen molar-refractivity contribution in [3.8, 4) is 0 Å². The summed E-state index contributed by atoms with van der Waals surface area (Å²) < 4.78 is 0. The highest BCUT2D eigenvalue weighted by Gasteiger charge is 2.36. The average Bonchev–Trinajstić information content (AvgIpc) is 2.33. The summed E-state index contributed by atoms with van der Waals surface area (Å²) in [5, 5.41) is 9.43. The van der Waals surface area contributed by atoms with E-state index in [1.807, 2.05) is 18.3 Å². The molecule has 18 heavy (non-hydrogen) atoms. The molecule has 0 bridgehead atoms. The first-order valence-electron chi connectivity index (χ1n) is 6.49. The first kappa shape index (κ1) is 13.5. The van der Waals surface area contributed by atoms with Crippen molar-refractivity contribution in [2.75, 3.05) is 26.7 Å². The van der Waals surface area contributed by atoms with E-state index in [1.54, 1.807) is 0 Å². The summed E-state index contributed by atoms with van der Waals surface area (Å²) in [7, 11) is 2.08. The summed E-state index contributed by atoms with van der Waals surface area (Å²) in [4.78, 5) is 9.05. The Bertz CT molecular complexity index is 380. The van der Waals surface area contributed by atoms with E-state index in [0.29, 0.717) is 0 Å². The molecule has 100 valence electrons. The fourth-order valence-corrected chi connectivity index (χ4v) is 2.64. The SMILES string of the molecule is CN1CC(C)(C)N(Cc2ccccn2)CC1CO. The van der Waals surface area contributed by atoms with Gasteiger partial charge in [0.25, 0.3) is 0 Å². The Morgan fingerprint density at radius 2 is 2.22 bits per heavy atom. The van der Waals surface area contributed by atoms with Gasteiger partial charge < -0.3 is 5.11 Å². The van der Waals surface area contributed by atoms with E-state index in [1.165, 1.54) is 0 Å². The number of aliphatic hydroxyl groups is 1. The quantitative estimate of drug-likeness (QED) is 0.866. The van der Waals surface area contributed by atoms with Crippen LogP contribution in [0.2, 0.25) is 0 Å². The molecule has 1 saturated heterocycles. The lowest BCUT2D eigenvalue weighted by atomic mass is 9.95. The number of likely N-dealkylation sites (N-methyl/N-ethyl adjacent to an activating group) is 1. The number of hydrogen-bond acceptors (Lipinski definition) is 4. The molecule has 2 rings (SSSR count). The Morgan fingerprint density at radius 1 is 1.44 bits per heavy atom. The molecular weight excluding hydrogens is 226 g/mol. The van der Waals surface area contributed by atoms with Crippen molar-refractivity contribution in [3.63, 3.8) is 0 Å². The molecule has 1 aromatic rings. The van der Waals surface area contributed by atoms with Crippen molar-refractivity contribution in [1.29, 1.82) is 0 Å². The first-order chi connectivity index (χ1) is 8.53. The number of aliphatic hydroxyl groups excluding tert-OH is 1. The minimum atomic E-state index is 0.109. The van der Waals surface area contributed by atoms with Gasteiger partial charge in [0.2, 0.25) is 0 Å². The van der Waals surface area contributed by atoms with Gasteiger partial charge in [0.05, 0.1) is 12.3 Å². The van der Waals surface area contributed by atoms with Crippen molar-refractivity contribution in [2.24, 2.45) is 0 Å². The average molecular weight is 249 g/mol. The van der Waals surface area contributed by atoms with Gasteiger partial charge in [-0.1, -0.05) is 6.07 Å². The Labute approximate surface area is 109 Å². The zero-order valence-corrected chi connectivity index (χ0v) is 11.5. The topological polar surface area (TPSA) is 39.6 Å². The lowest BCUT2D eigenvalue weighted by Crippen LogP contribution is -2.62. The third-order valence-corrected chi connectivity index (χ3v) is 3.84.